The van der Waals surface area contributed by atoms with E-state index in [0.717, 1.165) is 18.7 Å². The summed E-state index contributed by atoms with van der Waals surface area (Å²) in [5.41, 5.74) is 1.02. The van der Waals surface area contributed by atoms with Crippen LogP contribution in [0.1, 0.15) is 18.5 Å². The Morgan fingerprint density at radius 2 is 2.00 bits per heavy atom. The molecule has 1 fully saturated rings. The second-order valence-electron chi connectivity index (χ2n) is 4.37. The van der Waals surface area contributed by atoms with Gasteiger partial charge in [0.05, 0.1) is 19.8 Å². The third-order valence-electron chi connectivity index (χ3n) is 3.20. The average molecular weight is 250 g/mol. The van der Waals surface area contributed by atoms with Crippen molar-refractivity contribution in [2.24, 2.45) is 0 Å². The Morgan fingerprint density at radius 3 is 2.61 bits per heavy atom. The molecule has 0 aliphatic carbocycles. The van der Waals surface area contributed by atoms with Gasteiger partial charge in [0.15, 0.2) is 0 Å². The molecule has 18 heavy (non-hydrogen) atoms. The Kier molecular flexibility index (Phi) is 4.73. The van der Waals surface area contributed by atoms with Crippen molar-refractivity contribution >= 4 is 5.97 Å². The van der Waals surface area contributed by atoms with Crippen LogP contribution in [0.15, 0.2) is 30.3 Å². The number of hydrogen-bond acceptors (Lipinski definition) is 3. The quantitative estimate of drug-likeness (QED) is 0.776. The molecule has 0 amide bonds. The van der Waals surface area contributed by atoms with Crippen molar-refractivity contribution in [1.29, 1.82) is 0 Å². The molecule has 1 saturated heterocycles. The van der Waals surface area contributed by atoms with E-state index in [1.807, 2.05) is 37.3 Å². The van der Waals surface area contributed by atoms with Gasteiger partial charge in [-0.1, -0.05) is 30.3 Å². The molecule has 1 heterocycles. The summed E-state index contributed by atoms with van der Waals surface area (Å²) >= 11 is 0. The summed E-state index contributed by atoms with van der Waals surface area (Å²) in [6, 6.07) is 9.63. The number of hydrogen-bond donors (Lipinski definition) is 1. The summed E-state index contributed by atoms with van der Waals surface area (Å²) in [6.07, 6.45) is 0. The Balaban J connectivity index is 2.19. The fraction of sp³-hybridized carbons (Fsp3) is 0.500. The summed E-state index contributed by atoms with van der Waals surface area (Å²) in [5.74, 6) is -0.138. The molecular weight excluding hydrogens is 230 g/mol. The highest BCUT2D eigenvalue weighted by molar-refractivity contribution is 5.76. The highest BCUT2D eigenvalue weighted by Crippen LogP contribution is 2.11. The van der Waals surface area contributed by atoms with Crippen LogP contribution in [0.4, 0.5) is 0 Å². The van der Waals surface area contributed by atoms with Gasteiger partial charge in [0.25, 0.3) is 0 Å². The largest absolute Gasteiger partial charge is 0.461 e. The van der Waals surface area contributed by atoms with Crippen LogP contribution in [-0.2, 0) is 14.3 Å². The van der Waals surface area contributed by atoms with Crippen molar-refractivity contribution in [3.8, 4) is 0 Å². The number of carbonyl (C=O) groups is 1. The predicted octanol–water partition coefficient (Wildman–Crippen LogP) is 0.206. The Labute approximate surface area is 107 Å². The van der Waals surface area contributed by atoms with Crippen LogP contribution >= 0.6 is 0 Å². The highest BCUT2D eigenvalue weighted by atomic mass is 16.5. The zero-order chi connectivity index (χ0) is 12.8. The molecule has 4 nitrogen and oxygen atoms in total. The van der Waals surface area contributed by atoms with Crippen molar-refractivity contribution in [2.45, 2.75) is 13.0 Å². The van der Waals surface area contributed by atoms with E-state index in [1.54, 1.807) is 0 Å². The smallest absolute Gasteiger partial charge is 0.369 e. The second-order valence-corrected chi connectivity index (χ2v) is 4.37. The van der Waals surface area contributed by atoms with Crippen molar-refractivity contribution < 1.29 is 19.2 Å². The molecule has 2 rings (SSSR count). The van der Waals surface area contributed by atoms with Gasteiger partial charge in [-0.2, -0.15) is 0 Å². The van der Waals surface area contributed by atoms with Crippen LogP contribution < -0.4 is 4.90 Å². The zero-order valence-electron chi connectivity index (χ0n) is 10.7. The molecule has 1 atom stereocenters. The lowest BCUT2D eigenvalue weighted by molar-refractivity contribution is -0.930. The number of nitrogens with one attached hydrogen (secondary N) is 1. The maximum atomic E-state index is 12.2. The first-order chi connectivity index (χ1) is 8.83. The molecule has 0 aromatic heterocycles. The molecule has 1 aliphatic heterocycles. The van der Waals surface area contributed by atoms with Crippen LogP contribution in [0.2, 0.25) is 0 Å². The van der Waals surface area contributed by atoms with Gasteiger partial charge in [0.1, 0.15) is 13.1 Å². The SMILES string of the molecule is CCOC(=O)C(c1ccccc1)[NH+]1CCOCC1. The maximum absolute atomic E-state index is 12.2. The van der Waals surface area contributed by atoms with E-state index in [1.165, 1.54) is 4.90 Å². The number of carbonyl (C=O) groups excluding carboxylic acids is 1. The first-order valence-electron chi connectivity index (χ1n) is 6.47. The molecule has 0 bridgehead atoms. The summed E-state index contributed by atoms with van der Waals surface area (Å²) in [7, 11) is 0. The van der Waals surface area contributed by atoms with Gasteiger partial charge in [0, 0.05) is 5.56 Å². The molecule has 1 unspecified atom stereocenters. The number of morpholine rings is 1. The second kappa shape index (κ2) is 6.52. The van der Waals surface area contributed by atoms with Gasteiger partial charge in [-0.25, -0.2) is 4.79 Å². The monoisotopic (exact) mass is 250 g/mol. The van der Waals surface area contributed by atoms with Crippen LogP contribution in [0.25, 0.3) is 0 Å². The average Bonchev–Trinajstić information content (AvgIpc) is 2.42. The van der Waals surface area contributed by atoms with E-state index in [2.05, 4.69) is 0 Å². The van der Waals surface area contributed by atoms with Crippen molar-refractivity contribution in [3.63, 3.8) is 0 Å². The minimum absolute atomic E-state index is 0.138. The lowest BCUT2D eigenvalue weighted by atomic mass is 10.1. The molecular formula is C14H20NO3+. The summed E-state index contributed by atoms with van der Waals surface area (Å²) < 4.78 is 10.6. The standard InChI is InChI=1S/C14H19NO3/c1-2-18-14(16)13(12-6-4-3-5-7-12)15-8-10-17-11-9-15/h3-7,13H,2,8-11H2,1H3/p+1. The molecule has 1 N–H and O–H groups in total. The lowest BCUT2D eigenvalue weighted by Gasteiger charge is -2.30. The Hall–Kier alpha value is -1.39. The van der Waals surface area contributed by atoms with Crippen LogP contribution in [0.5, 0.6) is 0 Å². The zero-order valence-corrected chi connectivity index (χ0v) is 10.7. The van der Waals surface area contributed by atoms with Gasteiger partial charge >= 0.3 is 5.97 Å². The van der Waals surface area contributed by atoms with Crippen molar-refractivity contribution in [2.75, 3.05) is 32.9 Å². The van der Waals surface area contributed by atoms with Crippen LogP contribution in [-0.4, -0.2) is 38.9 Å². The van der Waals surface area contributed by atoms with E-state index in [9.17, 15) is 4.79 Å². The Morgan fingerprint density at radius 1 is 1.33 bits per heavy atom. The number of benzene rings is 1. The van der Waals surface area contributed by atoms with Crippen molar-refractivity contribution in [3.05, 3.63) is 35.9 Å². The lowest BCUT2D eigenvalue weighted by Crippen LogP contribution is -3.15. The van der Waals surface area contributed by atoms with Gasteiger partial charge in [-0.05, 0) is 6.92 Å². The fourth-order valence-corrected chi connectivity index (χ4v) is 2.33. The normalized spacial score (nSPS) is 18.3. The van der Waals surface area contributed by atoms with E-state index >= 15 is 0 Å². The van der Waals surface area contributed by atoms with E-state index in [0.29, 0.717) is 19.8 Å². The van der Waals surface area contributed by atoms with E-state index < -0.39 is 0 Å². The first-order valence-corrected chi connectivity index (χ1v) is 6.47. The molecule has 4 heteroatoms. The number of rotatable bonds is 4. The molecule has 0 saturated carbocycles. The molecule has 1 aromatic carbocycles. The number of quaternary nitrogens is 1. The van der Waals surface area contributed by atoms with Crippen LogP contribution in [0.3, 0.4) is 0 Å². The molecule has 0 radical (unpaired) electrons. The minimum Gasteiger partial charge on any atom is -0.461 e. The topological polar surface area (TPSA) is 40.0 Å². The van der Waals surface area contributed by atoms with Gasteiger partial charge in [-0.15, -0.1) is 0 Å². The summed E-state index contributed by atoms with van der Waals surface area (Å²) in [6.45, 7) is 5.37. The van der Waals surface area contributed by atoms with Crippen molar-refractivity contribution in [1.82, 2.24) is 0 Å². The Bertz CT molecular complexity index is 374. The molecule has 98 valence electrons. The fourth-order valence-electron chi connectivity index (χ4n) is 2.33. The first kappa shape index (κ1) is 13.1. The van der Waals surface area contributed by atoms with E-state index in [4.69, 9.17) is 9.47 Å². The molecule has 1 aromatic rings. The predicted molar refractivity (Wildman–Crippen MR) is 67.3 cm³/mol. The number of esters is 1. The van der Waals surface area contributed by atoms with Crippen LogP contribution in [0, 0.1) is 0 Å². The van der Waals surface area contributed by atoms with Gasteiger partial charge < -0.3 is 14.4 Å². The molecule has 0 spiro atoms. The number of ether oxygens (including phenoxy) is 2. The summed E-state index contributed by atoms with van der Waals surface area (Å²) in [5, 5.41) is 0. The highest BCUT2D eigenvalue weighted by Gasteiger charge is 2.33. The summed E-state index contributed by atoms with van der Waals surface area (Å²) in [4.78, 5) is 13.4. The van der Waals surface area contributed by atoms with Gasteiger partial charge in [-0.3, -0.25) is 0 Å². The molecule has 1 aliphatic rings. The third-order valence-corrected chi connectivity index (χ3v) is 3.20. The van der Waals surface area contributed by atoms with E-state index in [-0.39, 0.29) is 12.0 Å². The van der Waals surface area contributed by atoms with Gasteiger partial charge in [0.2, 0.25) is 6.04 Å². The third kappa shape index (κ3) is 3.09. The minimum atomic E-state index is -0.227. The maximum Gasteiger partial charge on any atom is 0.369 e.